The van der Waals surface area contributed by atoms with E-state index in [0.717, 1.165) is 36.5 Å². The summed E-state index contributed by atoms with van der Waals surface area (Å²) in [4.78, 5) is 13.2. The average molecular weight is 485 g/mol. The van der Waals surface area contributed by atoms with Crippen molar-refractivity contribution >= 4 is 23.5 Å². The molecular formula is C25H33FN6O3. The third kappa shape index (κ3) is 4.82. The first-order valence-electron chi connectivity index (χ1n) is 12.2. The van der Waals surface area contributed by atoms with Crippen molar-refractivity contribution in [3.05, 3.63) is 34.9 Å². The summed E-state index contributed by atoms with van der Waals surface area (Å²) >= 11 is 0. The number of aliphatic hydroxyl groups excluding tert-OH is 1. The van der Waals surface area contributed by atoms with Crippen LogP contribution < -0.4 is 15.0 Å². The molecule has 1 aromatic heterocycles. The summed E-state index contributed by atoms with van der Waals surface area (Å²) in [6.07, 6.45) is 2.18. The van der Waals surface area contributed by atoms with Gasteiger partial charge in [0.2, 0.25) is 0 Å². The molecule has 4 atom stereocenters. The minimum Gasteiger partial charge on any atom is -0.467 e. The van der Waals surface area contributed by atoms with Crippen LogP contribution in [0.1, 0.15) is 35.4 Å². The Morgan fingerprint density at radius 3 is 2.83 bits per heavy atom. The molecule has 1 aromatic carbocycles. The zero-order valence-electron chi connectivity index (χ0n) is 20.2. The number of aliphatic hydroxyl groups is 1. The summed E-state index contributed by atoms with van der Waals surface area (Å²) < 4.78 is 26.3. The van der Waals surface area contributed by atoms with Gasteiger partial charge in [0, 0.05) is 49.1 Å². The molecule has 3 N–H and O–H groups in total. The molecule has 35 heavy (non-hydrogen) atoms. The molecule has 3 fully saturated rings. The number of piperidine rings is 1. The number of halogens is 1. The fourth-order valence-corrected chi connectivity index (χ4v) is 5.57. The number of hydrogen-bond donors (Lipinski definition) is 3. The zero-order chi connectivity index (χ0) is 24.5. The molecule has 3 aliphatic heterocycles. The SMILES string of the molecule is COc1nc(Nc2cc(C3CCN(CCO)CC3F)c(C)cc2C=N)cc(N2CC3CC2CO3)n1. The zero-order valence-corrected chi connectivity index (χ0v) is 20.2. The van der Waals surface area contributed by atoms with Crippen molar-refractivity contribution in [2.24, 2.45) is 0 Å². The van der Waals surface area contributed by atoms with E-state index in [4.69, 9.17) is 14.9 Å². The van der Waals surface area contributed by atoms with Gasteiger partial charge in [-0.05, 0) is 49.6 Å². The topological polar surface area (TPSA) is 107 Å². The van der Waals surface area contributed by atoms with Gasteiger partial charge in [-0.3, -0.25) is 4.90 Å². The number of methoxy groups -OCH3 is 1. The summed E-state index contributed by atoms with van der Waals surface area (Å²) in [6.45, 7) is 5.04. The number of alkyl halides is 1. The van der Waals surface area contributed by atoms with Gasteiger partial charge in [0.15, 0.2) is 0 Å². The monoisotopic (exact) mass is 484 g/mol. The van der Waals surface area contributed by atoms with Crippen molar-refractivity contribution in [2.75, 3.05) is 56.7 Å². The van der Waals surface area contributed by atoms with Crippen LogP contribution >= 0.6 is 0 Å². The third-order valence-electron chi connectivity index (χ3n) is 7.37. The van der Waals surface area contributed by atoms with Gasteiger partial charge in [0.1, 0.15) is 17.8 Å². The lowest BCUT2D eigenvalue weighted by Gasteiger charge is -2.35. The smallest absolute Gasteiger partial charge is 0.320 e. The van der Waals surface area contributed by atoms with Gasteiger partial charge in [0.05, 0.1) is 32.5 Å². The van der Waals surface area contributed by atoms with Crippen LogP contribution in [0.4, 0.5) is 21.7 Å². The lowest BCUT2D eigenvalue weighted by molar-refractivity contribution is 0.0988. The van der Waals surface area contributed by atoms with E-state index >= 15 is 4.39 Å². The largest absolute Gasteiger partial charge is 0.467 e. The molecule has 0 spiro atoms. The number of nitrogens with one attached hydrogen (secondary N) is 2. The first-order valence-corrected chi connectivity index (χ1v) is 12.2. The van der Waals surface area contributed by atoms with Crippen molar-refractivity contribution in [2.45, 2.75) is 44.0 Å². The summed E-state index contributed by atoms with van der Waals surface area (Å²) in [5.74, 6) is 1.10. The Labute approximate surface area is 204 Å². The highest BCUT2D eigenvalue weighted by Crippen LogP contribution is 2.37. The fourth-order valence-electron chi connectivity index (χ4n) is 5.57. The van der Waals surface area contributed by atoms with Gasteiger partial charge in [-0.15, -0.1) is 0 Å². The summed E-state index contributed by atoms with van der Waals surface area (Å²) in [5, 5.41) is 20.5. The minimum atomic E-state index is -1.02. The molecule has 188 valence electrons. The highest BCUT2D eigenvalue weighted by Gasteiger charge is 2.40. The Hall–Kier alpha value is -2.82. The number of aryl methyl sites for hydroxylation is 1. The Bertz CT molecular complexity index is 1090. The van der Waals surface area contributed by atoms with Crippen molar-refractivity contribution in [1.82, 2.24) is 14.9 Å². The molecule has 0 saturated carbocycles. The van der Waals surface area contributed by atoms with Crippen molar-refractivity contribution in [1.29, 1.82) is 5.41 Å². The Morgan fingerprint density at radius 2 is 2.17 bits per heavy atom. The summed E-state index contributed by atoms with van der Waals surface area (Å²) in [7, 11) is 1.54. The first-order chi connectivity index (χ1) is 17.0. The molecule has 10 heteroatoms. The Morgan fingerprint density at radius 1 is 1.31 bits per heavy atom. The van der Waals surface area contributed by atoms with Crippen LogP contribution in [-0.4, -0.2) is 91.0 Å². The third-order valence-corrected chi connectivity index (χ3v) is 7.37. The molecule has 3 aliphatic rings. The van der Waals surface area contributed by atoms with Gasteiger partial charge in [-0.1, -0.05) is 0 Å². The van der Waals surface area contributed by atoms with Gasteiger partial charge in [0.25, 0.3) is 0 Å². The number of morpholine rings is 1. The lowest BCUT2D eigenvalue weighted by atomic mass is 9.84. The van der Waals surface area contributed by atoms with E-state index in [1.165, 1.54) is 6.21 Å². The first kappa shape index (κ1) is 23.9. The van der Waals surface area contributed by atoms with E-state index in [9.17, 15) is 5.11 Å². The summed E-state index contributed by atoms with van der Waals surface area (Å²) in [6, 6.07) is 6.33. The fraction of sp³-hybridized carbons (Fsp3) is 0.560. The highest BCUT2D eigenvalue weighted by molar-refractivity contribution is 5.88. The van der Waals surface area contributed by atoms with Crippen molar-refractivity contribution < 1.29 is 19.0 Å². The van der Waals surface area contributed by atoms with E-state index in [1.807, 2.05) is 30.0 Å². The van der Waals surface area contributed by atoms with Gasteiger partial charge in [-0.2, -0.15) is 9.97 Å². The molecule has 4 unspecified atom stereocenters. The van der Waals surface area contributed by atoms with Crippen LogP contribution in [0.5, 0.6) is 6.01 Å². The van der Waals surface area contributed by atoms with Crippen molar-refractivity contribution in [3.63, 3.8) is 0 Å². The van der Waals surface area contributed by atoms with Gasteiger partial charge in [-0.25, -0.2) is 4.39 Å². The number of likely N-dealkylation sites (tertiary alicyclic amines) is 1. The number of hydrogen-bond acceptors (Lipinski definition) is 9. The maximum Gasteiger partial charge on any atom is 0.320 e. The number of ether oxygens (including phenoxy) is 2. The predicted molar refractivity (Wildman–Crippen MR) is 132 cm³/mol. The van der Waals surface area contributed by atoms with Crippen LogP contribution in [0.15, 0.2) is 18.2 Å². The maximum atomic E-state index is 15.2. The van der Waals surface area contributed by atoms with Crippen LogP contribution in [0.2, 0.25) is 0 Å². The van der Waals surface area contributed by atoms with E-state index < -0.39 is 6.17 Å². The minimum absolute atomic E-state index is 0.0365. The second-order valence-corrected chi connectivity index (χ2v) is 9.60. The molecule has 0 aliphatic carbocycles. The number of β-amino-alcohol motifs (C(OH)–C–C–N with tert-alkyl or cyclic N) is 1. The van der Waals surface area contributed by atoms with Crippen LogP contribution in [-0.2, 0) is 4.74 Å². The highest BCUT2D eigenvalue weighted by atomic mass is 19.1. The Balaban J connectivity index is 1.43. The van der Waals surface area contributed by atoms with Gasteiger partial charge < -0.3 is 30.2 Å². The molecule has 3 saturated heterocycles. The van der Waals surface area contributed by atoms with E-state index in [2.05, 4.69) is 20.2 Å². The Kier molecular flexibility index (Phi) is 6.86. The van der Waals surface area contributed by atoms with Crippen LogP contribution in [0.25, 0.3) is 0 Å². The standard InChI is InChI=1S/C25H33FN6O3/c1-15-7-16(11-27)22(9-20(15)19-3-4-31(5-6-33)13-21(19)26)28-23-10-24(30-25(29-23)34-2)32-12-18-8-17(32)14-35-18/h7,9-11,17-19,21,27,33H,3-6,8,12-14H2,1-2H3,(H,28,29,30). The van der Waals surface area contributed by atoms with Crippen LogP contribution in [0.3, 0.4) is 0 Å². The number of nitrogens with zero attached hydrogens (tertiary/aromatic N) is 4. The summed E-state index contributed by atoms with van der Waals surface area (Å²) in [5.41, 5.74) is 3.30. The number of fused-ring (bicyclic) bond motifs is 2. The van der Waals surface area contributed by atoms with E-state index in [-0.39, 0.29) is 24.6 Å². The number of rotatable bonds is 8. The number of aromatic nitrogens is 2. The molecule has 9 nitrogen and oxygen atoms in total. The molecule has 0 amide bonds. The lowest BCUT2D eigenvalue weighted by Crippen LogP contribution is -2.42. The van der Waals surface area contributed by atoms with Gasteiger partial charge >= 0.3 is 6.01 Å². The molecular weight excluding hydrogens is 451 g/mol. The molecule has 4 heterocycles. The van der Waals surface area contributed by atoms with E-state index in [1.54, 1.807) is 7.11 Å². The molecule has 2 aromatic rings. The number of anilines is 3. The number of benzene rings is 1. The van der Waals surface area contributed by atoms with Crippen LogP contribution in [0, 0.1) is 12.3 Å². The molecule has 2 bridgehead atoms. The molecule has 5 rings (SSSR count). The second kappa shape index (κ2) is 10.0. The molecule has 0 radical (unpaired) electrons. The van der Waals surface area contributed by atoms with Crippen molar-refractivity contribution in [3.8, 4) is 6.01 Å². The normalized spacial score (nSPS) is 26.2. The maximum absolute atomic E-state index is 15.2. The quantitative estimate of drug-likeness (QED) is 0.491. The average Bonchev–Trinajstić information content (AvgIpc) is 3.49. The predicted octanol–water partition coefficient (Wildman–Crippen LogP) is 2.63. The second-order valence-electron chi connectivity index (χ2n) is 9.60. The van der Waals surface area contributed by atoms with E-state index in [0.29, 0.717) is 49.2 Å².